The summed E-state index contributed by atoms with van der Waals surface area (Å²) in [4.78, 5) is 21.7. The van der Waals surface area contributed by atoms with Crippen molar-refractivity contribution >= 4 is 27.3 Å². The topological polar surface area (TPSA) is 49.0 Å². The molecule has 4 nitrogen and oxygen atoms in total. The van der Waals surface area contributed by atoms with Crippen LogP contribution in [0, 0.1) is 5.92 Å². The minimum Gasteiger partial charge on any atom is -0.348 e. The quantitative estimate of drug-likeness (QED) is 0.752. The third-order valence-corrected chi connectivity index (χ3v) is 6.12. The van der Waals surface area contributed by atoms with Crippen LogP contribution in [-0.2, 0) is 17.6 Å². The Labute approximate surface area is 151 Å². The van der Waals surface area contributed by atoms with E-state index < -0.39 is 0 Å². The van der Waals surface area contributed by atoms with Crippen LogP contribution in [0.5, 0.6) is 0 Å². The van der Waals surface area contributed by atoms with Crippen molar-refractivity contribution < 1.29 is 4.79 Å². The summed E-state index contributed by atoms with van der Waals surface area (Å²) in [7, 11) is 0. The van der Waals surface area contributed by atoms with Gasteiger partial charge in [0.2, 0.25) is 5.91 Å². The minimum atomic E-state index is 0.273. The fraction of sp³-hybridized carbons (Fsp3) is 0.400. The summed E-state index contributed by atoms with van der Waals surface area (Å²) in [6, 6.07) is 8.63. The summed E-state index contributed by atoms with van der Waals surface area (Å²) in [5.74, 6) is 0.845. The number of aromatic amines is 1. The predicted molar refractivity (Wildman–Crippen MR) is 102 cm³/mol. The first kappa shape index (κ1) is 16.3. The zero-order chi connectivity index (χ0) is 17.1. The lowest BCUT2D eigenvalue weighted by molar-refractivity contribution is -0.133. The molecular weight excluding hydrogens is 330 g/mol. The summed E-state index contributed by atoms with van der Waals surface area (Å²) in [6.45, 7) is 1.80. The van der Waals surface area contributed by atoms with Gasteiger partial charge in [-0.1, -0.05) is 18.2 Å². The molecule has 1 unspecified atom stereocenters. The molecule has 1 fully saturated rings. The molecule has 1 atom stereocenters. The average molecular weight is 353 g/mol. The van der Waals surface area contributed by atoms with Crippen LogP contribution in [0.2, 0.25) is 0 Å². The van der Waals surface area contributed by atoms with E-state index in [-0.39, 0.29) is 5.91 Å². The SMILES string of the molecule is O=C(CCc1cnc[nH]1)N1CCCC(Cc2csc3ccccc23)C1. The van der Waals surface area contributed by atoms with Crippen molar-refractivity contribution in [2.45, 2.75) is 32.1 Å². The zero-order valence-electron chi connectivity index (χ0n) is 14.3. The number of carbonyl (C=O) groups is 1. The van der Waals surface area contributed by atoms with Crippen LogP contribution in [-0.4, -0.2) is 33.9 Å². The highest BCUT2D eigenvalue weighted by Crippen LogP contribution is 2.30. The fourth-order valence-electron chi connectivity index (χ4n) is 3.78. The molecule has 2 aromatic heterocycles. The molecule has 3 heterocycles. The number of likely N-dealkylation sites (tertiary alicyclic amines) is 1. The molecule has 0 radical (unpaired) electrons. The molecule has 0 spiro atoms. The van der Waals surface area contributed by atoms with Gasteiger partial charge in [0, 0.05) is 36.1 Å². The van der Waals surface area contributed by atoms with E-state index in [0.717, 1.165) is 38.0 Å². The van der Waals surface area contributed by atoms with E-state index in [9.17, 15) is 4.79 Å². The summed E-state index contributed by atoms with van der Waals surface area (Å²) < 4.78 is 1.36. The van der Waals surface area contributed by atoms with Crippen molar-refractivity contribution in [2.24, 2.45) is 5.92 Å². The minimum absolute atomic E-state index is 0.273. The number of hydrogen-bond donors (Lipinski definition) is 1. The van der Waals surface area contributed by atoms with Gasteiger partial charge in [0.15, 0.2) is 0 Å². The first-order valence-electron chi connectivity index (χ1n) is 9.00. The van der Waals surface area contributed by atoms with E-state index in [1.807, 2.05) is 11.3 Å². The Balaban J connectivity index is 1.36. The summed E-state index contributed by atoms with van der Waals surface area (Å²) in [6.07, 6.45) is 8.19. The van der Waals surface area contributed by atoms with Gasteiger partial charge in [-0.15, -0.1) is 11.3 Å². The number of rotatable bonds is 5. The first-order valence-corrected chi connectivity index (χ1v) is 9.87. The van der Waals surface area contributed by atoms with Crippen molar-refractivity contribution in [3.63, 3.8) is 0 Å². The average Bonchev–Trinajstić information content (AvgIpc) is 3.30. The highest BCUT2D eigenvalue weighted by Gasteiger charge is 2.24. The Morgan fingerprint density at radius 2 is 2.28 bits per heavy atom. The number of nitrogens with one attached hydrogen (secondary N) is 1. The van der Waals surface area contributed by atoms with Gasteiger partial charge in [0.25, 0.3) is 0 Å². The van der Waals surface area contributed by atoms with E-state index in [2.05, 4.69) is 44.5 Å². The van der Waals surface area contributed by atoms with E-state index in [0.29, 0.717) is 12.3 Å². The predicted octanol–water partition coefficient (Wildman–Crippen LogP) is 4.04. The maximum atomic E-state index is 12.5. The number of imidazole rings is 1. The summed E-state index contributed by atoms with van der Waals surface area (Å²) in [5, 5.41) is 3.68. The number of fused-ring (bicyclic) bond motifs is 1. The highest BCUT2D eigenvalue weighted by atomic mass is 32.1. The van der Waals surface area contributed by atoms with Crippen molar-refractivity contribution in [1.29, 1.82) is 0 Å². The lowest BCUT2D eigenvalue weighted by Crippen LogP contribution is -2.40. The molecule has 1 amide bonds. The molecule has 0 bridgehead atoms. The molecule has 25 heavy (non-hydrogen) atoms. The third kappa shape index (κ3) is 3.76. The van der Waals surface area contributed by atoms with Crippen LogP contribution >= 0.6 is 11.3 Å². The Kier molecular flexibility index (Phi) is 4.83. The fourth-order valence-corrected chi connectivity index (χ4v) is 4.76. The molecule has 3 aromatic rings. The first-order chi connectivity index (χ1) is 12.3. The Morgan fingerprint density at radius 1 is 1.36 bits per heavy atom. The maximum absolute atomic E-state index is 12.5. The normalized spacial score (nSPS) is 17.9. The third-order valence-electron chi connectivity index (χ3n) is 5.10. The van der Waals surface area contributed by atoms with Gasteiger partial charge in [-0.3, -0.25) is 4.79 Å². The van der Waals surface area contributed by atoms with Gasteiger partial charge in [0.1, 0.15) is 0 Å². The van der Waals surface area contributed by atoms with E-state index in [1.165, 1.54) is 22.1 Å². The maximum Gasteiger partial charge on any atom is 0.222 e. The molecule has 130 valence electrons. The van der Waals surface area contributed by atoms with Crippen LogP contribution in [0.3, 0.4) is 0 Å². The largest absolute Gasteiger partial charge is 0.348 e. The number of benzene rings is 1. The second kappa shape index (κ2) is 7.40. The highest BCUT2D eigenvalue weighted by molar-refractivity contribution is 7.17. The molecule has 0 aliphatic carbocycles. The molecule has 5 heteroatoms. The van der Waals surface area contributed by atoms with Gasteiger partial charge in [-0.05, 0) is 54.0 Å². The van der Waals surface area contributed by atoms with Crippen molar-refractivity contribution in [3.8, 4) is 0 Å². The van der Waals surface area contributed by atoms with E-state index in [1.54, 1.807) is 12.5 Å². The van der Waals surface area contributed by atoms with E-state index in [4.69, 9.17) is 0 Å². The van der Waals surface area contributed by atoms with Gasteiger partial charge in [-0.2, -0.15) is 0 Å². The smallest absolute Gasteiger partial charge is 0.222 e. The van der Waals surface area contributed by atoms with Gasteiger partial charge >= 0.3 is 0 Å². The van der Waals surface area contributed by atoms with Crippen LogP contribution < -0.4 is 0 Å². The van der Waals surface area contributed by atoms with Crippen LogP contribution in [0.1, 0.15) is 30.5 Å². The van der Waals surface area contributed by atoms with Gasteiger partial charge < -0.3 is 9.88 Å². The number of aromatic nitrogens is 2. The zero-order valence-corrected chi connectivity index (χ0v) is 15.1. The Morgan fingerprint density at radius 3 is 3.16 bits per heavy atom. The van der Waals surface area contributed by atoms with Crippen LogP contribution in [0.4, 0.5) is 0 Å². The molecule has 1 aliphatic heterocycles. The molecule has 1 N–H and O–H groups in total. The Bertz CT molecular complexity index is 840. The standard InChI is InChI=1S/C20H23N3OS/c24-20(8-7-17-11-21-14-22-17)23-9-3-4-15(12-23)10-16-13-25-19-6-2-1-5-18(16)19/h1-2,5-6,11,13-15H,3-4,7-10,12H2,(H,21,22). The van der Waals surface area contributed by atoms with Crippen LogP contribution in [0.25, 0.3) is 10.1 Å². The number of amides is 1. The number of piperidine rings is 1. The van der Waals surface area contributed by atoms with Crippen LogP contribution in [0.15, 0.2) is 42.2 Å². The number of aryl methyl sites for hydroxylation is 1. The Hall–Kier alpha value is -2.14. The van der Waals surface area contributed by atoms with Crippen molar-refractivity contribution in [1.82, 2.24) is 14.9 Å². The second-order valence-electron chi connectivity index (χ2n) is 6.89. The molecule has 4 rings (SSSR count). The summed E-state index contributed by atoms with van der Waals surface area (Å²) >= 11 is 1.83. The van der Waals surface area contributed by atoms with Gasteiger partial charge in [-0.25, -0.2) is 4.98 Å². The number of carbonyl (C=O) groups excluding carboxylic acids is 1. The molecule has 1 aromatic carbocycles. The van der Waals surface area contributed by atoms with Crippen molar-refractivity contribution in [3.05, 3.63) is 53.4 Å². The number of hydrogen-bond acceptors (Lipinski definition) is 3. The lowest BCUT2D eigenvalue weighted by atomic mass is 9.91. The molecular formula is C20H23N3OS. The number of H-pyrrole nitrogens is 1. The number of thiophene rings is 1. The van der Waals surface area contributed by atoms with Crippen molar-refractivity contribution in [2.75, 3.05) is 13.1 Å². The van der Waals surface area contributed by atoms with E-state index >= 15 is 0 Å². The lowest BCUT2D eigenvalue weighted by Gasteiger charge is -2.33. The molecule has 1 aliphatic rings. The monoisotopic (exact) mass is 353 g/mol. The number of nitrogens with zero attached hydrogens (tertiary/aromatic N) is 2. The molecule has 0 saturated carbocycles. The molecule has 1 saturated heterocycles. The summed E-state index contributed by atoms with van der Waals surface area (Å²) in [5.41, 5.74) is 2.48. The second-order valence-corrected chi connectivity index (χ2v) is 7.80. The van der Waals surface area contributed by atoms with Gasteiger partial charge in [0.05, 0.1) is 6.33 Å².